The van der Waals surface area contributed by atoms with Crippen molar-refractivity contribution in [3.63, 3.8) is 0 Å². The molecule has 0 atom stereocenters. The summed E-state index contributed by atoms with van der Waals surface area (Å²) in [5, 5.41) is 6.96. The largest absolute Gasteiger partial charge is 0.283 e. The van der Waals surface area contributed by atoms with Crippen LogP contribution in [0.5, 0.6) is 0 Å². The number of aromatic amines is 1. The van der Waals surface area contributed by atoms with Crippen molar-refractivity contribution in [2.24, 2.45) is 0 Å². The molecular weight excluding hydrogens is 274 g/mol. The third-order valence-corrected chi connectivity index (χ3v) is 4.13. The molecule has 0 radical (unpaired) electrons. The number of halogens is 1. The molecule has 96 valence electrons. The van der Waals surface area contributed by atoms with Crippen LogP contribution >= 0.6 is 11.6 Å². The van der Waals surface area contributed by atoms with Crippen molar-refractivity contribution in [3.05, 3.63) is 46.7 Å². The van der Waals surface area contributed by atoms with Crippen LogP contribution in [0.4, 0.5) is 0 Å². The Bertz CT molecular complexity index is 652. The quantitative estimate of drug-likeness (QED) is 0.900. The molecule has 0 saturated heterocycles. The maximum absolute atomic E-state index is 12.0. The van der Waals surface area contributed by atoms with Crippen LogP contribution < -0.4 is 4.72 Å². The Morgan fingerprint density at radius 2 is 2.22 bits per heavy atom. The van der Waals surface area contributed by atoms with Gasteiger partial charge < -0.3 is 0 Å². The number of nitrogens with one attached hydrogen (secondary N) is 2. The highest BCUT2D eigenvalue weighted by molar-refractivity contribution is 7.89. The number of aromatic nitrogens is 2. The molecule has 5 nitrogen and oxygen atoms in total. The van der Waals surface area contributed by atoms with Crippen molar-refractivity contribution in [2.75, 3.05) is 0 Å². The molecule has 2 N–H and O–H groups in total. The first kappa shape index (κ1) is 13.1. The lowest BCUT2D eigenvalue weighted by atomic mass is 10.3. The molecule has 1 aromatic heterocycles. The fourth-order valence-corrected chi connectivity index (χ4v) is 2.75. The summed E-state index contributed by atoms with van der Waals surface area (Å²) in [6.07, 6.45) is 1.59. The fourth-order valence-electron chi connectivity index (χ4n) is 1.44. The number of aryl methyl sites for hydroxylation is 1. The van der Waals surface area contributed by atoms with E-state index in [1.54, 1.807) is 18.3 Å². The fraction of sp³-hybridized carbons (Fsp3) is 0.182. The molecule has 0 bridgehead atoms. The standard InChI is InChI=1S/C11H12ClN3O2S/c1-8-9(6-13-15-8)7-14-18(16,17)11-4-2-3-10(12)5-11/h2-6,14H,7H2,1H3,(H,13,15). The number of nitrogens with zero attached hydrogens (tertiary/aromatic N) is 1. The van der Waals surface area contributed by atoms with E-state index in [1.165, 1.54) is 12.1 Å². The molecule has 2 rings (SSSR count). The molecular formula is C11H12ClN3O2S. The minimum Gasteiger partial charge on any atom is -0.283 e. The first-order valence-corrected chi connectivity index (χ1v) is 7.09. The van der Waals surface area contributed by atoms with E-state index in [0.29, 0.717) is 5.02 Å². The maximum Gasteiger partial charge on any atom is 0.240 e. The highest BCUT2D eigenvalue weighted by Crippen LogP contribution is 2.15. The number of benzene rings is 1. The lowest BCUT2D eigenvalue weighted by Crippen LogP contribution is -2.23. The monoisotopic (exact) mass is 285 g/mol. The van der Waals surface area contributed by atoms with Gasteiger partial charge in [0.25, 0.3) is 0 Å². The zero-order chi connectivity index (χ0) is 13.2. The molecule has 0 aliphatic carbocycles. The highest BCUT2D eigenvalue weighted by Gasteiger charge is 2.14. The Labute approximate surface area is 110 Å². The third-order valence-electron chi connectivity index (χ3n) is 2.49. The summed E-state index contributed by atoms with van der Waals surface area (Å²) in [5.74, 6) is 0. The average molecular weight is 286 g/mol. The third kappa shape index (κ3) is 2.90. The minimum absolute atomic E-state index is 0.149. The summed E-state index contributed by atoms with van der Waals surface area (Å²) in [4.78, 5) is 0.149. The molecule has 1 heterocycles. The predicted octanol–water partition coefficient (Wildman–Crippen LogP) is 1.85. The molecule has 0 spiro atoms. The minimum atomic E-state index is -3.55. The first-order valence-electron chi connectivity index (χ1n) is 5.23. The van der Waals surface area contributed by atoms with Gasteiger partial charge in [-0.3, -0.25) is 5.10 Å². The maximum atomic E-state index is 12.0. The highest BCUT2D eigenvalue weighted by atomic mass is 35.5. The Morgan fingerprint density at radius 3 is 2.83 bits per heavy atom. The van der Waals surface area contributed by atoms with Gasteiger partial charge in [-0.2, -0.15) is 5.10 Å². The van der Waals surface area contributed by atoms with Gasteiger partial charge in [0.05, 0.1) is 11.1 Å². The van der Waals surface area contributed by atoms with Gasteiger partial charge in [-0.15, -0.1) is 0 Å². The van der Waals surface area contributed by atoms with Gasteiger partial charge in [0.1, 0.15) is 0 Å². The van der Waals surface area contributed by atoms with E-state index >= 15 is 0 Å². The second-order valence-electron chi connectivity index (χ2n) is 3.80. The molecule has 0 fully saturated rings. The van der Waals surface area contributed by atoms with Crippen LogP contribution in [0.15, 0.2) is 35.4 Å². The van der Waals surface area contributed by atoms with Crippen LogP contribution in [-0.2, 0) is 16.6 Å². The van der Waals surface area contributed by atoms with Crippen molar-refractivity contribution in [1.82, 2.24) is 14.9 Å². The molecule has 0 aliphatic heterocycles. The van der Waals surface area contributed by atoms with Crippen molar-refractivity contribution in [1.29, 1.82) is 0 Å². The van der Waals surface area contributed by atoms with E-state index in [0.717, 1.165) is 11.3 Å². The Balaban J connectivity index is 2.16. The van der Waals surface area contributed by atoms with Crippen LogP contribution in [0.1, 0.15) is 11.3 Å². The van der Waals surface area contributed by atoms with E-state index in [9.17, 15) is 8.42 Å². The zero-order valence-corrected chi connectivity index (χ0v) is 11.2. The summed E-state index contributed by atoms with van der Waals surface area (Å²) in [6, 6.07) is 6.13. The normalized spacial score (nSPS) is 11.7. The van der Waals surface area contributed by atoms with Gasteiger partial charge in [0.2, 0.25) is 10.0 Å². The lowest BCUT2D eigenvalue weighted by Gasteiger charge is -2.06. The smallest absolute Gasteiger partial charge is 0.240 e. The molecule has 7 heteroatoms. The summed E-state index contributed by atoms with van der Waals surface area (Å²) < 4.78 is 26.5. The molecule has 0 saturated carbocycles. The van der Waals surface area contributed by atoms with Gasteiger partial charge >= 0.3 is 0 Å². The summed E-state index contributed by atoms with van der Waals surface area (Å²) in [5.41, 5.74) is 1.64. The van der Waals surface area contributed by atoms with Crippen LogP contribution in [0, 0.1) is 6.92 Å². The zero-order valence-electron chi connectivity index (χ0n) is 9.64. The molecule has 0 unspecified atom stereocenters. The molecule has 2 aromatic rings. The second-order valence-corrected chi connectivity index (χ2v) is 6.01. The van der Waals surface area contributed by atoms with Gasteiger partial charge in [-0.05, 0) is 25.1 Å². The van der Waals surface area contributed by atoms with Crippen LogP contribution in [0.25, 0.3) is 0 Å². The summed E-state index contributed by atoms with van der Waals surface area (Å²) in [6.45, 7) is 2.02. The Kier molecular flexibility index (Phi) is 3.70. The lowest BCUT2D eigenvalue weighted by molar-refractivity contribution is 0.581. The van der Waals surface area contributed by atoms with Gasteiger partial charge in [0, 0.05) is 22.8 Å². The number of hydrogen-bond donors (Lipinski definition) is 2. The molecule has 1 aromatic carbocycles. The van der Waals surface area contributed by atoms with Gasteiger partial charge in [0.15, 0.2) is 0 Å². The van der Waals surface area contributed by atoms with E-state index in [-0.39, 0.29) is 11.4 Å². The summed E-state index contributed by atoms with van der Waals surface area (Å²) in [7, 11) is -3.55. The van der Waals surface area contributed by atoms with E-state index in [4.69, 9.17) is 11.6 Å². The number of hydrogen-bond acceptors (Lipinski definition) is 3. The van der Waals surface area contributed by atoms with Crippen LogP contribution in [0.2, 0.25) is 5.02 Å². The van der Waals surface area contributed by atoms with Crippen LogP contribution in [-0.4, -0.2) is 18.6 Å². The van der Waals surface area contributed by atoms with E-state index < -0.39 is 10.0 Å². The molecule has 18 heavy (non-hydrogen) atoms. The van der Waals surface area contributed by atoms with Gasteiger partial charge in [-0.25, -0.2) is 13.1 Å². The topological polar surface area (TPSA) is 74.8 Å². The van der Waals surface area contributed by atoms with Crippen molar-refractivity contribution in [3.8, 4) is 0 Å². The van der Waals surface area contributed by atoms with Crippen molar-refractivity contribution < 1.29 is 8.42 Å². The average Bonchev–Trinajstić information content (AvgIpc) is 2.72. The molecule has 0 amide bonds. The number of sulfonamides is 1. The number of H-pyrrole nitrogens is 1. The molecule has 0 aliphatic rings. The second kappa shape index (κ2) is 5.09. The van der Waals surface area contributed by atoms with Crippen LogP contribution in [0.3, 0.4) is 0 Å². The van der Waals surface area contributed by atoms with E-state index in [2.05, 4.69) is 14.9 Å². The van der Waals surface area contributed by atoms with Crippen molar-refractivity contribution in [2.45, 2.75) is 18.4 Å². The summed E-state index contributed by atoms with van der Waals surface area (Å²) >= 11 is 5.77. The Hall–Kier alpha value is -1.37. The Morgan fingerprint density at radius 1 is 1.44 bits per heavy atom. The number of rotatable bonds is 4. The van der Waals surface area contributed by atoms with Crippen molar-refractivity contribution >= 4 is 21.6 Å². The first-order chi connectivity index (χ1) is 8.49. The van der Waals surface area contributed by atoms with Gasteiger partial charge in [-0.1, -0.05) is 17.7 Å². The van der Waals surface area contributed by atoms with E-state index in [1.807, 2.05) is 6.92 Å². The SMILES string of the molecule is Cc1[nH]ncc1CNS(=O)(=O)c1cccc(Cl)c1. The predicted molar refractivity (Wildman–Crippen MR) is 68.8 cm³/mol.